The van der Waals surface area contributed by atoms with Crippen molar-refractivity contribution < 1.29 is 8.78 Å². The molecule has 1 aromatic carbocycles. The zero-order valence-electron chi connectivity index (χ0n) is 7.57. The Labute approximate surface area is 75.9 Å². The van der Waals surface area contributed by atoms with Gasteiger partial charge in [0.25, 0.3) is 0 Å². The molecule has 0 atom stereocenters. The number of rotatable bonds is 2. The Kier molecular flexibility index (Phi) is 2.76. The summed E-state index contributed by atoms with van der Waals surface area (Å²) in [6.45, 7) is 3.72. The lowest BCUT2D eigenvalue weighted by atomic mass is 10.0. The molecule has 1 aromatic rings. The van der Waals surface area contributed by atoms with Crippen molar-refractivity contribution in [1.82, 2.24) is 0 Å². The molecular formula is C10H11F2N. The van der Waals surface area contributed by atoms with Gasteiger partial charge >= 0.3 is 0 Å². The first-order valence-electron chi connectivity index (χ1n) is 4.05. The molecule has 1 N–H and O–H groups in total. The first kappa shape index (κ1) is 9.84. The second-order valence-electron chi connectivity index (χ2n) is 3.20. The lowest BCUT2D eigenvalue weighted by Crippen LogP contribution is -1.98. The van der Waals surface area contributed by atoms with Gasteiger partial charge in [0.1, 0.15) is 11.6 Å². The average Bonchev–Trinajstić information content (AvgIpc) is 2.03. The molecule has 0 bridgehead atoms. The maximum absolute atomic E-state index is 13.1. The number of hydrogen-bond donors (Lipinski definition) is 1. The second-order valence-corrected chi connectivity index (χ2v) is 3.20. The van der Waals surface area contributed by atoms with Crippen molar-refractivity contribution >= 4 is 6.21 Å². The van der Waals surface area contributed by atoms with Crippen molar-refractivity contribution in [3.05, 3.63) is 34.9 Å². The number of halogens is 2. The molecule has 13 heavy (non-hydrogen) atoms. The third-order valence-corrected chi connectivity index (χ3v) is 1.91. The van der Waals surface area contributed by atoms with Crippen LogP contribution in [0.15, 0.2) is 12.1 Å². The molecule has 0 saturated carbocycles. The highest BCUT2D eigenvalue weighted by Gasteiger charge is 2.10. The summed E-state index contributed by atoms with van der Waals surface area (Å²) in [6, 6.07) is 2.54. The molecule has 1 nitrogen and oxygen atoms in total. The van der Waals surface area contributed by atoms with E-state index in [0.29, 0.717) is 11.8 Å². The van der Waals surface area contributed by atoms with Crippen molar-refractivity contribution in [2.45, 2.75) is 19.8 Å². The fourth-order valence-corrected chi connectivity index (χ4v) is 1.08. The molecule has 0 aliphatic rings. The number of nitrogens with one attached hydrogen (secondary N) is 1. The van der Waals surface area contributed by atoms with Gasteiger partial charge in [-0.1, -0.05) is 13.8 Å². The molecule has 1 rings (SSSR count). The van der Waals surface area contributed by atoms with E-state index in [0.717, 1.165) is 0 Å². The summed E-state index contributed by atoms with van der Waals surface area (Å²) < 4.78 is 26.2. The Morgan fingerprint density at radius 2 is 1.69 bits per heavy atom. The fraction of sp³-hybridized carbons (Fsp3) is 0.300. The van der Waals surface area contributed by atoms with Gasteiger partial charge in [0, 0.05) is 6.21 Å². The fourth-order valence-electron chi connectivity index (χ4n) is 1.08. The molecule has 0 aliphatic heterocycles. The Morgan fingerprint density at radius 3 is 2.00 bits per heavy atom. The Morgan fingerprint density at radius 1 is 1.23 bits per heavy atom. The first-order chi connectivity index (χ1) is 6.06. The smallest absolute Gasteiger partial charge is 0.135 e. The largest absolute Gasteiger partial charge is 0.308 e. The van der Waals surface area contributed by atoms with Crippen LogP contribution in [-0.4, -0.2) is 6.21 Å². The highest BCUT2D eigenvalue weighted by Crippen LogP contribution is 2.19. The highest BCUT2D eigenvalue weighted by atomic mass is 19.1. The van der Waals surface area contributed by atoms with Crippen molar-refractivity contribution in [3.8, 4) is 0 Å². The van der Waals surface area contributed by atoms with Crippen molar-refractivity contribution in [1.29, 1.82) is 5.41 Å². The molecule has 0 unspecified atom stereocenters. The van der Waals surface area contributed by atoms with Crippen LogP contribution in [0, 0.1) is 17.0 Å². The first-order valence-corrected chi connectivity index (χ1v) is 4.05. The second kappa shape index (κ2) is 3.64. The van der Waals surface area contributed by atoms with E-state index in [1.54, 1.807) is 0 Å². The van der Waals surface area contributed by atoms with Gasteiger partial charge in [-0.2, -0.15) is 0 Å². The maximum atomic E-state index is 13.1. The van der Waals surface area contributed by atoms with E-state index in [1.807, 2.05) is 13.8 Å². The summed E-state index contributed by atoms with van der Waals surface area (Å²) in [5.41, 5.74) is 0.338. The predicted molar refractivity (Wildman–Crippen MR) is 48.3 cm³/mol. The monoisotopic (exact) mass is 183 g/mol. The van der Waals surface area contributed by atoms with E-state index < -0.39 is 11.6 Å². The maximum Gasteiger partial charge on any atom is 0.135 e. The number of hydrogen-bond acceptors (Lipinski definition) is 1. The summed E-state index contributed by atoms with van der Waals surface area (Å²) in [6.07, 6.45) is 0.689. The van der Waals surface area contributed by atoms with Crippen LogP contribution >= 0.6 is 0 Å². The molecular weight excluding hydrogens is 172 g/mol. The lowest BCUT2D eigenvalue weighted by molar-refractivity contribution is 0.574. The molecule has 0 radical (unpaired) electrons. The lowest BCUT2D eigenvalue weighted by Gasteiger charge is -2.07. The van der Waals surface area contributed by atoms with E-state index in [4.69, 9.17) is 5.41 Å². The normalized spacial score (nSPS) is 10.5. The average molecular weight is 183 g/mol. The summed E-state index contributed by atoms with van der Waals surface area (Å²) in [4.78, 5) is 0. The van der Waals surface area contributed by atoms with Crippen LogP contribution in [0.3, 0.4) is 0 Å². The Balaban J connectivity index is 3.28. The summed E-state index contributed by atoms with van der Waals surface area (Å²) in [5.74, 6) is -1.25. The van der Waals surface area contributed by atoms with Crippen LogP contribution in [0.4, 0.5) is 8.78 Å². The molecule has 0 amide bonds. The van der Waals surface area contributed by atoms with Gasteiger partial charge in [0.15, 0.2) is 0 Å². The minimum Gasteiger partial charge on any atom is -0.308 e. The molecule has 0 fully saturated rings. The van der Waals surface area contributed by atoms with Crippen LogP contribution in [0.2, 0.25) is 0 Å². The molecule has 0 heterocycles. The molecule has 70 valence electrons. The quantitative estimate of drug-likeness (QED) is 0.681. The van der Waals surface area contributed by atoms with Gasteiger partial charge in [-0.15, -0.1) is 0 Å². The van der Waals surface area contributed by atoms with Crippen molar-refractivity contribution in [3.63, 3.8) is 0 Å². The number of benzene rings is 1. The third kappa shape index (κ3) is 1.91. The highest BCUT2D eigenvalue weighted by molar-refractivity contribution is 5.77. The standard InChI is InChI=1S/C10H11F2N/c1-6(2)7-3-9(11)8(5-13)10(12)4-7/h3-6,13H,1-2H3. The van der Waals surface area contributed by atoms with Gasteiger partial charge < -0.3 is 5.41 Å². The topological polar surface area (TPSA) is 23.9 Å². The van der Waals surface area contributed by atoms with Crippen LogP contribution in [0.5, 0.6) is 0 Å². The molecule has 0 aromatic heterocycles. The molecule has 3 heteroatoms. The van der Waals surface area contributed by atoms with E-state index in [9.17, 15) is 8.78 Å². The minimum absolute atomic E-state index is 0.0868. The van der Waals surface area contributed by atoms with E-state index >= 15 is 0 Å². The van der Waals surface area contributed by atoms with E-state index in [2.05, 4.69) is 0 Å². The minimum atomic E-state index is -0.668. The van der Waals surface area contributed by atoms with Gasteiger partial charge in [0.05, 0.1) is 5.56 Å². The van der Waals surface area contributed by atoms with Crippen LogP contribution in [0.25, 0.3) is 0 Å². The summed E-state index contributed by atoms with van der Waals surface area (Å²) in [5, 5.41) is 6.80. The SMILES string of the molecule is CC(C)c1cc(F)c(C=N)c(F)c1. The Hall–Kier alpha value is -1.25. The summed E-state index contributed by atoms with van der Waals surface area (Å²) in [7, 11) is 0. The predicted octanol–water partition coefficient (Wildman–Crippen LogP) is 3.09. The molecule has 0 spiro atoms. The van der Waals surface area contributed by atoms with Gasteiger partial charge in [0.2, 0.25) is 0 Å². The van der Waals surface area contributed by atoms with Crippen LogP contribution < -0.4 is 0 Å². The van der Waals surface area contributed by atoms with E-state index in [-0.39, 0.29) is 11.5 Å². The molecule has 0 aliphatic carbocycles. The van der Waals surface area contributed by atoms with Gasteiger partial charge in [-0.3, -0.25) is 0 Å². The van der Waals surface area contributed by atoms with Crippen molar-refractivity contribution in [2.75, 3.05) is 0 Å². The van der Waals surface area contributed by atoms with Gasteiger partial charge in [-0.25, -0.2) is 8.78 Å². The van der Waals surface area contributed by atoms with E-state index in [1.165, 1.54) is 12.1 Å². The van der Waals surface area contributed by atoms with Crippen molar-refractivity contribution in [2.24, 2.45) is 0 Å². The third-order valence-electron chi connectivity index (χ3n) is 1.91. The summed E-state index contributed by atoms with van der Waals surface area (Å²) >= 11 is 0. The zero-order chi connectivity index (χ0) is 10.0. The van der Waals surface area contributed by atoms with Crippen LogP contribution in [0.1, 0.15) is 30.9 Å². The zero-order valence-corrected chi connectivity index (χ0v) is 7.57. The molecule has 0 saturated heterocycles. The van der Waals surface area contributed by atoms with Crippen LogP contribution in [-0.2, 0) is 0 Å². The Bertz CT molecular complexity index is 309. The van der Waals surface area contributed by atoms with Gasteiger partial charge in [-0.05, 0) is 23.6 Å².